The molecule has 2 aliphatic rings. The van der Waals surface area contributed by atoms with Gasteiger partial charge in [-0.3, -0.25) is 4.90 Å². The lowest BCUT2D eigenvalue weighted by molar-refractivity contribution is 0.196. The van der Waals surface area contributed by atoms with E-state index in [4.69, 9.17) is 0 Å². The van der Waals surface area contributed by atoms with Gasteiger partial charge in [0.15, 0.2) is 0 Å². The topological polar surface area (TPSA) is 3.24 Å². The van der Waals surface area contributed by atoms with Gasteiger partial charge in [-0.15, -0.1) is 0 Å². The average molecular weight is 300 g/mol. The standard InChI is InChI=1S/C21H33N/c1-3-22(4-2)20-16-10-14-18-13-9-15-19(21(18)20)17-11-7-5-6-8-12-17/h9,13,15,17,20H,3-8,10-12,14,16H2,1-2H3. The number of aryl methyl sites for hydroxylation is 1. The molecule has 0 aromatic heterocycles. The van der Waals surface area contributed by atoms with E-state index in [1.165, 1.54) is 70.9 Å². The average Bonchev–Trinajstić information content (AvgIpc) is 2.85. The van der Waals surface area contributed by atoms with Crippen molar-refractivity contribution in [2.45, 2.75) is 83.6 Å². The summed E-state index contributed by atoms with van der Waals surface area (Å²) in [4.78, 5) is 2.69. The molecule has 1 aromatic rings. The normalized spacial score (nSPS) is 23.3. The quantitative estimate of drug-likeness (QED) is 0.631. The van der Waals surface area contributed by atoms with Crippen LogP contribution in [0.2, 0.25) is 0 Å². The van der Waals surface area contributed by atoms with Crippen molar-refractivity contribution >= 4 is 0 Å². The second-order valence-corrected chi connectivity index (χ2v) is 7.24. The summed E-state index contributed by atoms with van der Waals surface area (Å²) >= 11 is 0. The molecule has 1 heteroatoms. The van der Waals surface area contributed by atoms with Crippen LogP contribution in [0, 0.1) is 0 Å². The Labute approximate surface area is 137 Å². The van der Waals surface area contributed by atoms with Crippen LogP contribution in [-0.2, 0) is 6.42 Å². The molecule has 1 aromatic carbocycles. The van der Waals surface area contributed by atoms with Crippen LogP contribution in [0.1, 0.15) is 93.9 Å². The lowest BCUT2D eigenvalue weighted by Crippen LogP contribution is -2.32. The molecule has 1 saturated carbocycles. The Morgan fingerprint density at radius 1 is 0.909 bits per heavy atom. The Kier molecular flexibility index (Phi) is 5.57. The zero-order valence-electron chi connectivity index (χ0n) is 14.6. The molecule has 2 aliphatic carbocycles. The highest BCUT2D eigenvalue weighted by molar-refractivity contribution is 5.41. The summed E-state index contributed by atoms with van der Waals surface area (Å²) in [6, 6.07) is 7.89. The largest absolute Gasteiger partial charge is 0.297 e. The molecular weight excluding hydrogens is 266 g/mol. The molecule has 0 N–H and O–H groups in total. The van der Waals surface area contributed by atoms with Crippen molar-refractivity contribution in [1.82, 2.24) is 4.90 Å². The van der Waals surface area contributed by atoms with Gasteiger partial charge in [-0.2, -0.15) is 0 Å². The van der Waals surface area contributed by atoms with E-state index < -0.39 is 0 Å². The van der Waals surface area contributed by atoms with Crippen molar-refractivity contribution < 1.29 is 0 Å². The van der Waals surface area contributed by atoms with Gasteiger partial charge in [0.05, 0.1) is 0 Å². The first-order valence-corrected chi connectivity index (χ1v) is 9.70. The van der Waals surface area contributed by atoms with Crippen LogP contribution in [0.3, 0.4) is 0 Å². The van der Waals surface area contributed by atoms with Crippen molar-refractivity contribution in [2.75, 3.05) is 13.1 Å². The number of hydrogen-bond donors (Lipinski definition) is 0. The highest BCUT2D eigenvalue weighted by atomic mass is 15.1. The van der Waals surface area contributed by atoms with Crippen molar-refractivity contribution in [3.63, 3.8) is 0 Å². The first kappa shape index (κ1) is 16.1. The van der Waals surface area contributed by atoms with Crippen molar-refractivity contribution in [2.24, 2.45) is 0 Å². The number of rotatable bonds is 4. The van der Waals surface area contributed by atoms with E-state index >= 15 is 0 Å². The molecule has 1 unspecified atom stereocenters. The van der Waals surface area contributed by atoms with E-state index in [9.17, 15) is 0 Å². The highest BCUT2D eigenvalue weighted by Gasteiger charge is 2.29. The third kappa shape index (κ3) is 3.25. The minimum absolute atomic E-state index is 0.679. The van der Waals surface area contributed by atoms with Crippen LogP contribution in [0.4, 0.5) is 0 Å². The number of fused-ring (bicyclic) bond motifs is 1. The predicted octanol–water partition coefficient (Wildman–Crippen LogP) is 5.84. The van der Waals surface area contributed by atoms with E-state index in [1.807, 2.05) is 0 Å². The summed E-state index contributed by atoms with van der Waals surface area (Å²) in [7, 11) is 0. The molecule has 122 valence electrons. The Balaban J connectivity index is 1.97. The summed E-state index contributed by atoms with van der Waals surface area (Å²) in [6.07, 6.45) is 12.6. The van der Waals surface area contributed by atoms with Gasteiger partial charge >= 0.3 is 0 Å². The fourth-order valence-electron chi connectivity index (χ4n) is 4.86. The molecule has 0 saturated heterocycles. The molecule has 0 heterocycles. The zero-order chi connectivity index (χ0) is 15.4. The molecular formula is C21H33N. The molecule has 22 heavy (non-hydrogen) atoms. The smallest absolute Gasteiger partial charge is 0.0353 e. The minimum Gasteiger partial charge on any atom is -0.297 e. The predicted molar refractivity (Wildman–Crippen MR) is 95.5 cm³/mol. The fourth-order valence-corrected chi connectivity index (χ4v) is 4.86. The molecule has 1 nitrogen and oxygen atoms in total. The molecule has 0 amide bonds. The highest BCUT2D eigenvalue weighted by Crippen LogP contribution is 2.42. The lowest BCUT2D eigenvalue weighted by atomic mass is 9.78. The van der Waals surface area contributed by atoms with Crippen LogP contribution in [0.25, 0.3) is 0 Å². The summed E-state index contributed by atoms with van der Waals surface area (Å²) in [5.41, 5.74) is 5.12. The van der Waals surface area contributed by atoms with Gasteiger partial charge in [-0.05, 0) is 67.8 Å². The fraction of sp³-hybridized carbons (Fsp3) is 0.714. The van der Waals surface area contributed by atoms with E-state index in [-0.39, 0.29) is 0 Å². The molecule has 1 atom stereocenters. The molecule has 3 rings (SSSR count). The third-order valence-electron chi connectivity index (χ3n) is 6.04. The Morgan fingerprint density at radius 3 is 2.32 bits per heavy atom. The lowest BCUT2D eigenvalue weighted by Gasteiger charge is -2.37. The number of benzene rings is 1. The van der Waals surface area contributed by atoms with Gasteiger partial charge in [-0.25, -0.2) is 0 Å². The van der Waals surface area contributed by atoms with Gasteiger partial charge in [0.1, 0.15) is 0 Å². The molecule has 0 bridgehead atoms. The molecule has 0 spiro atoms. The Bertz CT molecular complexity index is 467. The monoisotopic (exact) mass is 299 g/mol. The van der Waals surface area contributed by atoms with E-state index in [2.05, 4.69) is 36.9 Å². The van der Waals surface area contributed by atoms with Crippen LogP contribution < -0.4 is 0 Å². The zero-order valence-corrected chi connectivity index (χ0v) is 14.6. The summed E-state index contributed by atoms with van der Waals surface area (Å²) < 4.78 is 0. The van der Waals surface area contributed by atoms with Crippen molar-refractivity contribution in [3.8, 4) is 0 Å². The summed E-state index contributed by atoms with van der Waals surface area (Å²) in [6.45, 7) is 7.01. The van der Waals surface area contributed by atoms with Crippen LogP contribution in [0.5, 0.6) is 0 Å². The van der Waals surface area contributed by atoms with Gasteiger partial charge < -0.3 is 0 Å². The number of hydrogen-bond acceptors (Lipinski definition) is 1. The van der Waals surface area contributed by atoms with Crippen molar-refractivity contribution in [3.05, 3.63) is 34.9 Å². The van der Waals surface area contributed by atoms with Gasteiger partial charge in [-0.1, -0.05) is 57.7 Å². The molecule has 0 aliphatic heterocycles. The SMILES string of the molecule is CCN(CC)C1CCCc2cccc(C3CCCCCC3)c21. The van der Waals surface area contributed by atoms with E-state index in [0.29, 0.717) is 6.04 Å². The van der Waals surface area contributed by atoms with Gasteiger partial charge in [0.2, 0.25) is 0 Å². The maximum absolute atomic E-state index is 2.69. The van der Waals surface area contributed by atoms with E-state index in [1.54, 1.807) is 16.7 Å². The number of nitrogens with zero attached hydrogens (tertiary/aromatic N) is 1. The maximum Gasteiger partial charge on any atom is 0.0353 e. The summed E-state index contributed by atoms with van der Waals surface area (Å²) in [5.74, 6) is 0.827. The molecule has 0 radical (unpaired) electrons. The third-order valence-corrected chi connectivity index (χ3v) is 6.04. The van der Waals surface area contributed by atoms with Crippen LogP contribution in [0.15, 0.2) is 18.2 Å². The van der Waals surface area contributed by atoms with Crippen LogP contribution >= 0.6 is 0 Å². The Morgan fingerprint density at radius 2 is 1.64 bits per heavy atom. The first-order valence-electron chi connectivity index (χ1n) is 9.70. The van der Waals surface area contributed by atoms with Crippen molar-refractivity contribution in [1.29, 1.82) is 0 Å². The second kappa shape index (κ2) is 7.64. The van der Waals surface area contributed by atoms with Gasteiger partial charge in [0, 0.05) is 6.04 Å². The summed E-state index contributed by atoms with van der Waals surface area (Å²) in [5, 5.41) is 0. The molecule has 1 fully saturated rings. The first-order chi connectivity index (χ1) is 10.8. The van der Waals surface area contributed by atoms with E-state index in [0.717, 1.165) is 5.92 Å². The maximum atomic E-state index is 2.69. The van der Waals surface area contributed by atoms with Gasteiger partial charge in [0.25, 0.3) is 0 Å². The van der Waals surface area contributed by atoms with Crippen LogP contribution in [-0.4, -0.2) is 18.0 Å². The second-order valence-electron chi connectivity index (χ2n) is 7.24. The minimum atomic E-state index is 0.679. The Hall–Kier alpha value is -0.820.